The Balaban J connectivity index is 2.07. The van der Waals surface area contributed by atoms with E-state index in [4.69, 9.17) is 14.2 Å². The van der Waals surface area contributed by atoms with Gasteiger partial charge in [0.15, 0.2) is 0 Å². The van der Waals surface area contributed by atoms with Gasteiger partial charge in [-0.15, -0.1) is 0 Å². The Bertz CT molecular complexity index is 550. The number of fused-ring (bicyclic) bond motifs is 2. The number of rotatable bonds is 0. The minimum Gasteiger partial charge on any atom is -0.465 e. The molecule has 0 aromatic rings. The van der Waals surface area contributed by atoms with Crippen LogP contribution in [-0.4, -0.2) is 48.6 Å². The molecule has 0 amide bonds. The zero-order chi connectivity index (χ0) is 18.2. The highest BCUT2D eigenvalue weighted by molar-refractivity contribution is 5.71. The Morgan fingerprint density at radius 3 is 2.28 bits per heavy atom. The molecule has 0 radical (unpaired) electrons. The Morgan fingerprint density at radius 2 is 1.56 bits per heavy atom. The van der Waals surface area contributed by atoms with E-state index in [-0.39, 0.29) is 55.9 Å². The van der Waals surface area contributed by atoms with Crippen LogP contribution in [0.25, 0.3) is 0 Å². The van der Waals surface area contributed by atoms with Crippen molar-refractivity contribution in [2.24, 2.45) is 11.8 Å². The van der Waals surface area contributed by atoms with Gasteiger partial charge >= 0.3 is 11.9 Å². The van der Waals surface area contributed by atoms with Crippen molar-refractivity contribution in [3.05, 3.63) is 36.5 Å². The van der Waals surface area contributed by atoms with Crippen LogP contribution in [0.3, 0.4) is 0 Å². The van der Waals surface area contributed by atoms with Gasteiger partial charge in [-0.1, -0.05) is 50.3 Å². The number of hydrogen-bond acceptors (Lipinski definition) is 6. The van der Waals surface area contributed by atoms with Crippen molar-refractivity contribution in [1.29, 1.82) is 0 Å². The van der Waals surface area contributed by atoms with Gasteiger partial charge in [0.1, 0.15) is 18.8 Å². The third-order valence-electron chi connectivity index (χ3n) is 4.12. The lowest BCUT2D eigenvalue weighted by molar-refractivity contribution is -0.153. The van der Waals surface area contributed by atoms with Crippen molar-refractivity contribution in [3.63, 3.8) is 0 Å². The average molecular weight is 350 g/mol. The first kappa shape index (κ1) is 19.4. The number of carbonyl (C=O) groups excluding carboxylic acids is 2. The van der Waals surface area contributed by atoms with E-state index in [1.807, 2.05) is 26.0 Å². The van der Waals surface area contributed by atoms with E-state index in [1.54, 1.807) is 24.3 Å². The fraction of sp³-hybridized carbons (Fsp3) is 0.579. The maximum Gasteiger partial charge on any atom is 0.309 e. The van der Waals surface area contributed by atoms with Gasteiger partial charge in [0.05, 0.1) is 25.6 Å². The molecule has 25 heavy (non-hydrogen) atoms. The van der Waals surface area contributed by atoms with Crippen molar-refractivity contribution < 1.29 is 28.9 Å². The quantitative estimate of drug-likeness (QED) is 0.531. The summed E-state index contributed by atoms with van der Waals surface area (Å²) in [5.74, 6) is -0.657. The maximum absolute atomic E-state index is 11.8. The predicted molar refractivity (Wildman–Crippen MR) is 91.6 cm³/mol. The number of ether oxygens (including phenoxy) is 3. The molecule has 2 bridgehead atoms. The van der Waals surface area contributed by atoms with E-state index in [9.17, 15) is 14.7 Å². The largest absolute Gasteiger partial charge is 0.465 e. The zero-order valence-corrected chi connectivity index (χ0v) is 14.7. The minimum absolute atomic E-state index is 0.00225. The summed E-state index contributed by atoms with van der Waals surface area (Å²) in [5.41, 5.74) is 0. The van der Waals surface area contributed by atoms with Crippen LogP contribution in [0, 0.1) is 11.8 Å². The van der Waals surface area contributed by atoms with Crippen LogP contribution in [0.4, 0.5) is 0 Å². The fourth-order valence-electron chi connectivity index (χ4n) is 2.57. The molecular formula is C19H26O6. The Morgan fingerprint density at radius 1 is 0.920 bits per heavy atom. The molecule has 0 aliphatic carbocycles. The van der Waals surface area contributed by atoms with Gasteiger partial charge in [-0.3, -0.25) is 9.59 Å². The standard InChI is InChI=1S/C19H26O6/c1-13-5-3-7-19(22)24-12-17-15(20)9-10-16(25-17)14(2)6-4-8-18(21)23-11-13/h3-6,9-10,13-17,20H,7-8,11-12H2,1-2H3/t13-,14-,15+,16+,17-/m1/s1. The lowest BCUT2D eigenvalue weighted by Gasteiger charge is -2.31. The number of carbonyl (C=O) groups is 2. The summed E-state index contributed by atoms with van der Waals surface area (Å²) in [6.45, 7) is 4.14. The summed E-state index contributed by atoms with van der Waals surface area (Å²) in [5, 5.41) is 9.99. The minimum atomic E-state index is -0.812. The van der Waals surface area contributed by atoms with E-state index in [2.05, 4.69) is 0 Å². The molecule has 6 heteroatoms. The molecule has 2 aliphatic heterocycles. The normalized spacial score (nSPS) is 34.9. The lowest BCUT2D eigenvalue weighted by Crippen LogP contribution is -2.40. The molecule has 1 N–H and O–H groups in total. The van der Waals surface area contributed by atoms with Gasteiger partial charge < -0.3 is 19.3 Å². The molecule has 0 spiro atoms. The summed E-state index contributed by atoms with van der Waals surface area (Å²) in [6, 6.07) is 0. The van der Waals surface area contributed by atoms with Crippen LogP contribution in [0.15, 0.2) is 36.5 Å². The van der Waals surface area contributed by atoms with Gasteiger partial charge in [0.25, 0.3) is 0 Å². The van der Waals surface area contributed by atoms with E-state index >= 15 is 0 Å². The molecule has 0 saturated heterocycles. The molecule has 2 aliphatic rings. The van der Waals surface area contributed by atoms with Crippen LogP contribution in [0.5, 0.6) is 0 Å². The molecule has 138 valence electrons. The molecule has 0 aromatic carbocycles. The summed E-state index contributed by atoms with van der Waals surface area (Å²) >= 11 is 0. The summed E-state index contributed by atoms with van der Waals surface area (Å²) < 4.78 is 16.2. The lowest BCUT2D eigenvalue weighted by atomic mass is 9.99. The highest BCUT2D eigenvalue weighted by Gasteiger charge is 2.29. The highest BCUT2D eigenvalue weighted by atomic mass is 16.6. The number of cyclic esters (lactones) is 2. The molecule has 6 nitrogen and oxygen atoms in total. The van der Waals surface area contributed by atoms with Gasteiger partial charge in [-0.2, -0.15) is 0 Å². The van der Waals surface area contributed by atoms with Crippen LogP contribution >= 0.6 is 0 Å². The molecular weight excluding hydrogens is 324 g/mol. The van der Waals surface area contributed by atoms with Crippen LogP contribution in [0.1, 0.15) is 26.7 Å². The number of aliphatic hydroxyl groups excluding tert-OH is 1. The first-order chi connectivity index (χ1) is 12.0. The van der Waals surface area contributed by atoms with E-state index in [1.165, 1.54) is 0 Å². The first-order valence-electron chi connectivity index (χ1n) is 8.62. The second kappa shape index (κ2) is 9.53. The second-order valence-electron chi connectivity index (χ2n) is 6.48. The zero-order valence-electron chi connectivity index (χ0n) is 14.7. The third kappa shape index (κ3) is 6.48. The van der Waals surface area contributed by atoms with E-state index in [0.717, 1.165) is 0 Å². The SMILES string of the molecule is C[C@@H]1C=CCC(=O)OC[C@H]2O[C@@H](C=C[C@@H]2O)[C@H](C)C=CCC(=O)OC1. The van der Waals surface area contributed by atoms with Crippen molar-refractivity contribution in [3.8, 4) is 0 Å². The van der Waals surface area contributed by atoms with Gasteiger partial charge in [0, 0.05) is 11.8 Å². The van der Waals surface area contributed by atoms with Gasteiger partial charge in [-0.25, -0.2) is 0 Å². The Labute approximate surface area is 148 Å². The average Bonchev–Trinajstić information content (AvgIpc) is 2.58. The first-order valence-corrected chi connectivity index (χ1v) is 8.62. The molecule has 0 fully saturated rings. The molecule has 2 heterocycles. The Hall–Kier alpha value is -1.92. The number of aliphatic hydroxyl groups is 1. The third-order valence-corrected chi connectivity index (χ3v) is 4.12. The van der Waals surface area contributed by atoms with Crippen LogP contribution in [-0.2, 0) is 23.8 Å². The van der Waals surface area contributed by atoms with Gasteiger partial charge in [0.2, 0.25) is 0 Å². The van der Waals surface area contributed by atoms with Crippen molar-refractivity contribution in [2.45, 2.75) is 45.0 Å². The van der Waals surface area contributed by atoms with Crippen molar-refractivity contribution in [1.82, 2.24) is 0 Å². The summed E-state index contributed by atoms with van der Waals surface area (Å²) in [7, 11) is 0. The highest BCUT2D eigenvalue weighted by Crippen LogP contribution is 2.21. The number of hydrogen-bond donors (Lipinski definition) is 1. The Kier molecular flexibility index (Phi) is 7.40. The number of esters is 2. The molecule has 2 rings (SSSR count). The summed E-state index contributed by atoms with van der Waals surface area (Å²) in [4.78, 5) is 23.5. The van der Waals surface area contributed by atoms with Crippen LogP contribution in [0.2, 0.25) is 0 Å². The predicted octanol–water partition coefficient (Wildman–Crippen LogP) is 1.94. The molecule has 0 aromatic heterocycles. The molecule has 0 unspecified atom stereocenters. The monoisotopic (exact) mass is 350 g/mol. The topological polar surface area (TPSA) is 82.1 Å². The summed E-state index contributed by atoms with van der Waals surface area (Å²) in [6.07, 6.45) is 9.26. The van der Waals surface area contributed by atoms with Crippen LogP contribution < -0.4 is 0 Å². The molecule has 5 atom stereocenters. The maximum atomic E-state index is 11.8. The fourth-order valence-corrected chi connectivity index (χ4v) is 2.57. The second-order valence-corrected chi connectivity index (χ2v) is 6.48. The van der Waals surface area contributed by atoms with Crippen molar-refractivity contribution in [2.75, 3.05) is 13.2 Å². The van der Waals surface area contributed by atoms with E-state index < -0.39 is 12.2 Å². The van der Waals surface area contributed by atoms with Gasteiger partial charge in [-0.05, 0) is 0 Å². The van der Waals surface area contributed by atoms with E-state index in [0.29, 0.717) is 0 Å². The smallest absolute Gasteiger partial charge is 0.309 e. The molecule has 0 saturated carbocycles. The van der Waals surface area contributed by atoms with Crippen molar-refractivity contribution >= 4 is 11.9 Å².